The minimum absolute atomic E-state index is 0.217. The van der Waals surface area contributed by atoms with Crippen molar-refractivity contribution in [2.75, 3.05) is 20.1 Å². The average molecular weight is 222 g/mol. The molecule has 0 aliphatic heterocycles. The standard InChI is InChI=1S/C13H22N2O/c1-4-15(3)14-10-12(2)16-11-13-8-6-5-7-9-13/h5-9,12,14H,4,10-11H2,1-3H3. The summed E-state index contributed by atoms with van der Waals surface area (Å²) in [6.07, 6.45) is 0.217. The minimum Gasteiger partial charge on any atom is -0.372 e. The normalized spacial score (nSPS) is 13.0. The summed E-state index contributed by atoms with van der Waals surface area (Å²) in [5.41, 5.74) is 4.50. The van der Waals surface area contributed by atoms with Gasteiger partial charge in [-0.05, 0) is 12.5 Å². The lowest BCUT2D eigenvalue weighted by Gasteiger charge is -2.19. The van der Waals surface area contributed by atoms with Gasteiger partial charge >= 0.3 is 0 Å². The predicted octanol–water partition coefficient (Wildman–Crippen LogP) is 2.05. The lowest BCUT2D eigenvalue weighted by Crippen LogP contribution is -2.39. The van der Waals surface area contributed by atoms with Crippen molar-refractivity contribution >= 4 is 0 Å². The van der Waals surface area contributed by atoms with Crippen LogP contribution < -0.4 is 5.43 Å². The van der Waals surface area contributed by atoms with Gasteiger partial charge in [-0.25, -0.2) is 5.01 Å². The largest absolute Gasteiger partial charge is 0.372 e. The van der Waals surface area contributed by atoms with Gasteiger partial charge in [-0.1, -0.05) is 37.3 Å². The molecule has 1 N–H and O–H groups in total. The number of ether oxygens (including phenoxy) is 1. The highest BCUT2D eigenvalue weighted by atomic mass is 16.5. The first-order valence-electron chi connectivity index (χ1n) is 5.82. The van der Waals surface area contributed by atoms with E-state index in [2.05, 4.69) is 36.4 Å². The summed E-state index contributed by atoms with van der Waals surface area (Å²) in [5.74, 6) is 0. The molecule has 0 heterocycles. The highest BCUT2D eigenvalue weighted by molar-refractivity contribution is 5.13. The molecule has 1 rings (SSSR count). The molecular weight excluding hydrogens is 200 g/mol. The van der Waals surface area contributed by atoms with Crippen molar-refractivity contribution < 1.29 is 4.74 Å². The topological polar surface area (TPSA) is 24.5 Å². The maximum atomic E-state index is 5.73. The predicted molar refractivity (Wildman–Crippen MR) is 67.0 cm³/mol. The fraction of sp³-hybridized carbons (Fsp3) is 0.538. The molecule has 0 spiro atoms. The minimum atomic E-state index is 0.217. The van der Waals surface area contributed by atoms with Gasteiger partial charge in [0.15, 0.2) is 0 Å². The van der Waals surface area contributed by atoms with E-state index in [1.54, 1.807) is 0 Å². The van der Waals surface area contributed by atoms with E-state index in [0.29, 0.717) is 6.61 Å². The summed E-state index contributed by atoms with van der Waals surface area (Å²) in [6, 6.07) is 10.3. The van der Waals surface area contributed by atoms with Crippen LogP contribution in [0.1, 0.15) is 19.4 Å². The Kier molecular flexibility index (Phi) is 6.08. The molecule has 90 valence electrons. The van der Waals surface area contributed by atoms with Crippen LogP contribution in [-0.4, -0.2) is 31.3 Å². The molecule has 1 aromatic carbocycles. The molecular formula is C13H22N2O. The molecule has 0 aromatic heterocycles. The van der Waals surface area contributed by atoms with Crippen molar-refractivity contribution in [3.63, 3.8) is 0 Å². The van der Waals surface area contributed by atoms with Crippen molar-refractivity contribution in [2.45, 2.75) is 26.6 Å². The highest BCUT2D eigenvalue weighted by Gasteiger charge is 2.03. The molecule has 0 bridgehead atoms. The van der Waals surface area contributed by atoms with Gasteiger partial charge < -0.3 is 4.74 Å². The van der Waals surface area contributed by atoms with Crippen LogP contribution in [0.25, 0.3) is 0 Å². The first-order valence-corrected chi connectivity index (χ1v) is 5.82. The number of hydrazine groups is 1. The zero-order chi connectivity index (χ0) is 11.8. The van der Waals surface area contributed by atoms with Crippen molar-refractivity contribution in [3.8, 4) is 0 Å². The zero-order valence-electron chi connectivity index (χ0n) is 10.4. The maximum Gasteiger partial charge on any atom is 0.0721 e. The average Bonchev–Trinajstić information content (AvgIpc) is 2.34. The van der Waals surface area contributed by atoms with Gasteiger partial charge in [-0.15, -0.1) is 0 Å². The molecule has 3 heteroatoms. The van der Waals surface area contributed by atoms with Crippen LogP contribution in [0, 0.1) is 0 Å². The lowest BCUT2D eigenvalue weighted by atomic mass is 10.2. The quantitative estimate of drug-likeness (QED) is 0.715. The van der Waals surface area contributed by atoms with Gasteiger partial charge in [0.25, 0.3) is 0 Å². The summed E-state index contributed by atoms with van der Waals surface area (Å²) in [6.45, 7) is 6.71. The van der Waals surface area contributed by atoms with Gasteiger partial charge in [0.05, 0.1) is 12.7 Å². The maximum absolute atomic E-state index is 5.73. The van der Waals surface area contributed by atoms with Gasteiger partial charge in [0.1, 0.15) is 0 Å². The van der Waals surface area contributed by atoms with E-state index in [1.807, 2.05) is 25.2 Å². The van der Waals surface area contributed by atoms with E-state index >= 15 is 0 Å². The van der Waals surface area contributed by atoms with Crippen molar-refractivity contribution in [3.05, 3.63) is 35.9 Å². The smallest absolute Gasteiger partial charge is 0.0721 e. The molecule has 0 radical (unpaired) electrons. The Morgan fingerprint density at radius 1 is 1.31 bits per heavy atom. The molecule has 16 heavy (non-hydrogen) atoms. The van der Waals surface area contributed by atoms with Crippen LogP contribution in [0.5, 0.6) is 0 Å². The third-order valence-corrected chi connectivity index (χ3v) is 2.50. The number of hydrogen-bond donors (Lipinski definition) is 1. The van der Waals surface area contributed by atoms with Crippen LogP contribution in [0.3, 0.4) is 0 Å². The van der Waals surface area contributed by atoms with E-state index in [1.165, 1.54) is 5.56 Å². The second-order valence-electron chi connectivity index (χ2n) is 3.98. The van der Waals surface area contributed by atoms with Crippen LogP contribution in [0.4, 0.5) is 0 Å². The van der Waals surface area contributed by atoms with Gasteiger partial charge in [-0.2, -0.15) is 0 Å². The Balaban J connectivity index is 2.18. The van der Waals surface area contributed by atoms with Crippen molar-refractivity contribution in [2.24, 2.45) is 0 Å². The van der Waals surface area contributed by atoms with Crippen LogP contribution in [0.2, 0.25) is 0 Å². The Hall–Kier alpha value is -0.900. The number of nitrogens with one attached hydrogen (secondary N) is 1. The van der Waals surface area contributed by atoms with Crippen molar-refractivity contribution in [1.82, 2.24) is 10.4 Å². The summed E-state index contributed by atoms with van der Waals surface area (Å²) in [5, 5.41) is 2.06. The third-order valence-electron chi connectivity index (χ3n) is 2.50. The monoisotopic (exact) mass is 222 g/mol. The lowest BCUT2D eigenvalue weighted by molar-refractivity contribution is 0.0396. The molecule has 3 nitrogen and oxygen atoms in total. The number of benzene rings is 1. The third kappa shape index (κ3) is 5.26. The summed E-state index contributed by atoms with van der Waals surface area (Å²) in [4.78, 5) is 0. The second-order valence-corrected chi connectivity index (χ2v) is 3.98. The fourth-order valence-electron chi connectivity index (χ4n) is 1.27. The molecule has 0 amide bonds. The summed E-state index contributed by atoms with van der Waals surface area (Å²) in [7, 11) is 2.03. The Morgan fingerprint density at radius 2 is 2.00 bits per heavy atom. The molecule has 1 atom stereocenters. The van der Waals surface area contributed by atoms with Crippen LogP contribution in [-0.2, 0) is 11.3 Å². The summed E-state index contributed by atoms with van der Waals surface area (Å²) < 4.78 is 5.73. The molecule has 1 aromatic rings. The highest BCUT2D eigenvalue weighted by Crippen LogP contribution is 2.02. The summed E-state index contributed by atoms with van der Waals surface area (Å²) >= 11 is 0. The molecule has 1 unspecified atom stereocenters. The molecule has 0 aliphatic carbocycles. The SMILES string of the molecule is CCN(C)NCC(C)OCc1ccccc1. The Morgan fingerprint density at radius 3 is 2.62 bits per heavy atom. The van der Waals surface area contributed by atoms with Gasteiger partial charge in [-0.3, -0.25) is 5.43 Å². The van der Waals surface area contributed by atoms with E-state index in [4.69, 9.17) is 4.74 Å². The molecule has 0 fully saturated rings. The number of hydrogen-bond acceptors (Lipinski definition) is 3. The molecule has 0 saturated heterocycles. The van der Waals surface area contributed by atoms with Gasteiger partial charge in [0.2, 0.25) is 0 Å². The van der Waals surface area contributed by atoms with Crippen molar-refractivity contribution in [1.29, 1.82) is 0 Å². The van der Waals surface area contributed by atoms with E-state index < -0.39 is 0 Å². The van der Waals surface area contributed by atoms with Gasteiger partial charge in [0, 0.05) is 20.1 Å². The Labute approximate surface area is 98.4 Å². The molecule has 0 saturated carbocycles. The van der Waals surface area contributed by atoms with E-state index in [-0.39, 0.29) is 6.10 Å². The fourth-order valence-corrected chi connectivity index (χ4v) is 1.27. The van der Waals surface area contributed by atoms with Crippen LogP contribution in [0.15, 0.2) is 30.3 Å². The first-order chi connectivity index (χ1) is 7.72. The van der Waals surface area contributed by atoms with E-state index in [0.717, 1.165) is 13.1 Å². The Bertz CT molecular complexity index is 277. The van der Waals surface area contributed by atoms with Crippen LogP contribution >= 0.6 is 0 Å². The van der Waals surface area contributed by atoms with E-state index in [9.17, 15) is 0 Å². The second kappa shape index (κ2) is 7.39. The first kappa shape index (κ1) is 13.2. The number of nitrogens with zero attached hydrogens (tertiary/aromatic N) is 1. The number of rotatable bonds is 7. The molecule has 0 aliphatic rings. The zero-order valence-corrected chi connectivity index (χ0v) is 10.4.